The van der Waals surface area contributed by atoms with Gasteiger partial charge in [-0.1, -0.05) is 0 Å². The van der Waals surface area contributed by atoms with Crippen molar-refractivity contribution >= 4 is 5.91 Å². The average molecular weight is 170 g/mol. The Bertz CT molecular complexity index is 174. The van der Waals surface area contributed by atoms with E-state index in [9.17, 15) is 4.79 Å². The van der Waals surface area contributed by atoms with Crippen molar-refractivity contribution in [2.75, 3.05) is 26.8 Å². The highest BCUT2D eigenvalue weighted by Gasteiger charge is 2.06. The van der Waals surface area contributed by atoms with Crippen LogP contribution >= 0.6 is 0 Å². The Balaban J connectivity index is 3.51. The lowest BCUT2D eigenvalue weighted by molar-refractivity contribution is -0.129. The van der Waals surface area contributed by atoms with Crippen LogP contribution in [-0.2, 0) is 9.53 Å². The maximum Gasteiger partial charge on any atom is 0.236 e. The van der Waals surface area contributed by atoms with E-state index in [4.69, 9.17) is 10.00 Å². The molecule has 0 atom stereocenters. The van der Waals surface area contributed by atoms with Crippen LogP contribution in [0.2, 0.25) is 0 Å². The van der Waals surface area contributed by atoms with Gasteiger partial charge in [-0.2, -0.15) is 5.26 Å². The summed E-state index contributed by atoms with van der Waals surface area (Å²) >= 11 is 0. The Kier molecular flexibility index (Phi) is 6.02. The summed E-state index contributed by atoms with van der Waals surface area (Å²) in [6.45, 7) is 3.63. The second-order valence-electron chi connectivity index (χ2n) is 2.35. The van der Waals surface area contributed by atoms with Gasteiger partial charge in [0.1, 0.15) is 6.42 Å². The van der Waals surface area contributed by atoms with Gasteiger partial charge in [-0.05, 0) is 6.92 Å². The van der Waals surface area contributed by atoms with Crippen LogP contribution < -0.4 is 0 Å². The van der Waals surface area contributed by atoms with Gasteiger partial charge in [0.25, 0.3) is 0 Å². The Hall–Kier alpha value is -1.08. The van der Waals surface area contributed by atoms with Crippen molar-refractivity contribution in [1.82, 2.24) is 4.90 Å². The van der Waals surface area contributed by atoms with E-state index in [0.717, 1.165) is 0 Å². The number of amides is 1. The number of carbonyl (C=O) groups excluding carboxylic acids is 1. The van der Waals surface area contributed by atoms with E-state index in [1.54, 1.807) is 13.1 Å². The zero-order valence-electron chi connectivity index (χ0n) is 7.54. The molecule has 4 nitrogen and oxygen atoms in total. The Morgan fingerprint density at radius 3 is 2.83 bits per heavy atom. The van der Waals surface area contributed by atoms with E-state index < -0.39 is 0 Å². The fraction of sp³-hybridized carbons (Fsp3) is 0.750. The van der Waals surface area contributed by atoms with E-state index in [0.29, 0.717) is 19.8 Å². The van der Waals surface area contributed by atoms with Gasteiger partial charge >= 0.3 is 0 Å². The summed E-state index contributed by atoms with van der Waals surface area (Å²) in [5.41, 5.74) is 0. The van der Waals surface area contributed by atoms with Crippen LogP contribution in [0, 0.1) is 11.3 Å². The van der Waals surface area contributed by atoms with Gasteiger partial charge in [-0.25, -0.2) is 0 Å². The van der Waals surface area contributed by atoms with Crippen molar-refractivity contribution in [1.29, 1.82) is 5.26 Å². The first-order valence-electron chi connectivity index (χ1n) is 3.91. The van der Waals surface area contributed by atoms with Crippen LogP contribution in [-0.4, -0.2) is 37.6 Å². The number of likely N-dealkylation sites (N-methyl/N-ethyl adjacent to an activating group) is 1. The predicted octanol–water partition coefficient (Wildman–Crippen LogP) is 0.395. The molecule has 0 rings (SSSR count). The fourth-order valence-electron chi connectivity index (χ4n) is 0.673. The van der Waals surface area contributed by atoms with E-state index in [1.807, 2.05) is 6.92 Å². The molecule has 0 aromatic heterocycles. The normalized spacial score (nSPS) is 9.08. The molecule has 0 aliphatic rings. The topological polar surface area (TPSA) is 53.3 Å². The van der Waals surface area contributed by atoms with Gasteiger partial charge in [0.05, 0.1) is 12.7 Å². The number of nitrogens with zero attached hydrogens (tertiary/aromatic N) is 2. The number of hydrogen-bond donors (Lipinski definition) is 0. The van der Waals surface area contributed by atoms with Crippen LogP contribution in [0.15, 0.2) is 0 Å². The van der Waals surface area contributed by atoms with E-state index in [1.165, 1.54) is 4.90 Å². The van der Waals surface area contributed by atoms with E-state index >= 15 is 0 Å². The molecule has 0 aromatic carbocycles. The zero-order chi connectivity index (χ0) is 9.40. The molecule has 0 radical (unpaired) electrons. The van der Waals surface area contributed by atoms with Gasteiger partial charge in [0.2, 0.25) is 5.91 Å². The second-order valence-corrected chi connectivity index (χ2v) is 2.35. The first-order chi connectivity index (χ1) is 5.72. The summed E-state index contributed by atoms with van der Waals surface area (Å²) in [5, 5.41) is 8.23. The molecule has 1 amide bonds. The third kappa shape index (κ3) is 4.69. The van der Waals surface area contributed by atoms with Crippen molar-refractivity contribution in [2.24, 2.45) is 0 Å². The zero-order valence-corrected chi connectivity index (χ0v) is 7.54. The number of ether oxygens (including phenoxy) is 1. The van der Waals surface area contributed by atoms with Crippen molar-refractivity contribution in [2.45, 2.75) is 13.3 Å². The Labute approximate surface area is 72.7 Å². The lowest BCUT2D eigenvalue weighted by Crippen LogP contribution is -2.29. The average Bonchev–Trinajstić information content (AvgIpc) is 2.05. The molecule has 0 aliphatic carbocycles. The molecule has 68 valence electrons. The second kappa shape index (κ2) is 6.62. The molecular weight excluding hydrogens is 156 g/mol. The maximum absolute atomic E-state index is 11.0. The standard InChI is InChI=1S/C8H14N2O2/c1-3-12-7-6-10(2)8(11)4-5-9/h3-4,6-7H2,1-2H3. The quantitative estimate of drug-likeness (QED) is 0.561. The monoisotopic (exact) mass is 170 g/mol. The highest BCUT2D eigenvalue weighted by atomic mass is 16.5. The molecule has 0 unspecified atom stereocenters. The molecule has 0 saturated carbocycles. The number of nitriles is 1. The largest absolute Gasteiger partial charge is 0.380 e. The predicted molar refractivity (Wildman–Crippen MR) is 44.4 cm³/mol. The smallest absolute Gasteiger partial charge is 0.236 e. The van der Waals surface area contributed by atoms with Crippen molar-refractivity contribution in [3.8, 4) is 6.07 Å². The van der Waals surface area contributed by atoms with E-state index in [-0.39, 0.29) is 12.3 Å². The molecule has 4 heteroatoms. The summed E-state index contributed by atoms with van der Waals surface area (Å²) in [5.74, 6) is -0.155. The molecule has 0 bridgehead atoms. The summed E-state index contributed by atoms with van der Waals surface area (Å²) in [6.07, 6.45) is -0.0530. The molecule has 12 heavy (non-hydrogen) atoms. The molecular formula is C8H14N2O2. The Morgan fingerprint density at radius 1 is 1.67 bits per heavy atom. The van der Waals surface area contributed by atoms with Gasteiger partial charge in [0, 0.05) is 20.2 Å². The van der Waals surface area contributed by atoms with Crippen molar-refractivity contribution in [3.05, 3.63) is 0 Å². The maximum atomic E-state index is 11.0. The van der Waals surface area contributed by atoms with Crippen LogP contribution in [0.25, 0.3) is 0 Å². The third-order valence-corrected chi connectivity index (χ3v) is 1.43. The minimum absolute atomic E-state index is 0.0530. The van der Waals surface area contributed by atoms with E-state index in [2.05, 4.69) is 0 Å². The summed E-state index contributed by atoms with van der Waals surface area (Å²) in [4.78, 5) is 12.5. The number of rotatable bonds is 5. The summed E-state index contributed by atoms with van der Waals surface area (Å²) in [7, 11) is 1.67. The molecule has 0 spiro atoms. The Morgan fingerprint density at radius 2 is 2.33 bits per heavy atom. The molecule has 0 saturated heterocycles. The van der Waals surface area contributed by atoms with Gasteiger partial charge in [-0.3, -0.25) is 4.79 Å². The van der Waals surface area contributed by atoms with Crippen LogP contribution in [0.4, 0.5) is 0 Å². The molecule has 0 heterocycles. The lowest BCUT2D eigenvalue weighted by Gasteiger charge is -2.14. The summed E-state index contributed by atoms with van der Waals surface area (Å²) in [6, 6.07) is 1.81. The molecule has 0 N–H and O–H groups in total. The molecule has 0 aromatic rings. The van der Waals surface area contributed by atoms with Gasteiger partial charge in [0.15, 0.2) is 0 Å². The number of hydrogen-bond acceptors (Lipinski definition) is 3. The first-order valence-corrected chi connectivity index (χ1v) is 3.91. The van der Waals surface area contributed by atoms with Crippen molar-refractivity contribution < 1.29 is 9.53 Å². The first kappa shape index (κ1) is 10.9. The minimum Gasteiger partial charge on any atom is -0.380 e. The van der Waals surface area contributed by atoms with Gasteiger partial charge in [-0.15, -0.1) is 0 Å². The fourth-order valence-corrected chi connectivity index (χ4v) is 0.673. The van der Waals surface area contributed by atoms with Crippen LogP contribution in [0.3, 0.4) is 0 Å². The molecule has 0 aliphatic heterocycles. The van der Waals surface area contributed by atoms with Crippen molar-refractivity contribution in [3.63, 3.8) is 0 Å². The third-order valence-electron chi connectivity index (χ3n) is 1.43. The molecule has 0 fully saturated rings. The van der Waals surface area contributed by atoms with Crippen LogP contribution in [0.1, 0.15) is 13.3 Å². The lowest BCUT2D eigenvalue weighted by atomic mass is 10.4. The highest BCUT2D eigenvalue weighted by molar-refractivity contribution is 5.77. The number of carbonyl (C=O) groups is 1. The summed E-state index contributed by atoms with van der Waals surface area (Å²) < 4.78 is 5.06. The SMILES string of the molecule is CCOCCN(C)C(=O)CC#N. The highest BCUT2D eigenvalue weighted by Crippen LogP contribution is 1.89. The van der Waals surface area contributed by atoms with Gasteiger partial charge < -0.3 is 9.64 Å². The minimum atomic E-state index is -0.155. The van der Waals surface area contributed by atoms with Crippen LogP contribution in [0.5, 0.6) is 0 Å².